The second kappa shape index (κ2) is 8.08. The van der Waals surface area contributed by atoms with E-state index in [9.17, 15) is 0 Å². The van der Waals surface area contributed by atoms with E-state index in [4.69, 9.17) is 8.94 Å². The number of likely N-dealkylation sites (N-methyl/N-ethyl adjacent to an activating group) is 1. The molecular weight excluding hydrogens is 328 g/mol. The van der Waals surface area contributed by atoms with Gasteiger partial charge in [-0.2, -0.15) is 4.98 Å². The third kappa shape index (κ3) is 4.21. The molecule has 1 atom stereocenters. The van der Waals surface area contributed by atoms with Gasteiger partial charge in [-0.25, -0.2) is 4.98 Å². The standard InChI is InChI=1S/C17H20N4O2.ClH/c1-11(18-3)9-15-20-16(23-21-15)10-14-12(2)22-17(19-14)13-7-5-4-6-8-13;/h4-8,11,18H,9-10H2,1-3H3;1H. The van der Waals surface area contributed by atoms with Crippen LogP contribution in [0, 0.1) is 6.92 Å². The first-order chi connectivity index (χ1) is 11.2. The van der Waals surface area contributed by atoms with Crippen LogP contribution >= 0.6 is 12.4 Å². The van der Waals surface area contributed by atoms with Crippen molar-refractivity contribution in [2.75, 3.05) is 7.05 Å². The number of benzene rings is 1. The molecule has 6 nitrogen and oxygen atoms in total. The second-order valence-corrected chi connectivity index (χ2v) is 5.56. The van der Waals surface area contributed by atoms with Crippen molar-refractivity contribution < 1.29 is 8.94 Å². The van der Waals surface area contributed by atoms with E-state index in [1.54, 1.807) is 0 Å². The summed E-state index contributed by atoms with van der Waals surface area (Å²) in [5, 5.41) is 7.16. The molecule has 3 aromatic rings. The molecule has 128 valence electrons. The summed E-state index contributed by atoms with van der Waals surface area (Å²) in [6, 6.07) is 10.1. The molecule has 0 aliphatic rings. The van der Waals surface area contributed by atoms with Gasteiger partial charge in [-0.1, -0.05) is 23.4 Å². The molecule has 1 aromatic carbocycles. The first kappa shape index (κ1) is 18.2. The first-order valence-electron chi connectivity index (χ1n) is 7.66. The van der Waals surface area contributed by atoms with Crippen molar-refractivity contribution in [2.24, 2.45) is 0 Å². The van der Waals surface area contributed by atoms with Gasteiger partial charge in [0.15, 0.2) is 5.82 Å². The fraction of sp³-hybridized carbons (Fsp3) is 0.353. The topological polar surface area (TPSA) is 77.0 Å². The maximum Gasteiger partial charge on any atom is 0.232 e. The van der Waals surface area contributed by atoms with E-state index in [2.05, 4.69) is 27.4 Å². The van der Waals surface area contributed by atoms with E-state index in [-0.39, 0.29) is 12.4 Å². The molecule has 0 amide bonds. The molecule has 7 heteroatoms. The quantitative estimate of drug-likeness (QED) is 0.737. The largest absolute Gasteiger partial charge is 0.441 e. The number of rotatable bonds is 6. The lowest BCUT2D eigenvalue weighted by Gasteiger charge is -2.04. The van der Waals surface area contributed by atoms with Crippen LogP contribution in [0.2, 0.25) is 0 Å². The molecule has 1 N–H and O–H groups in total. The highest BCUT2D eigenvalue weighted by Gasteiger charge is 2.16. The smallest absolute Gasteiger partial charge is 0.232 e. The molecule has 0 aliphatic heterocycles. The molecule has 0 saturated heterocycles. The zero-order valence-corrected chi connectivity index (χ0v) is 14.8. The highest BCUT2D eigenvalue weighted by Crippen LogP contribution is 2.22. The summed E-state index contributed by atoms with van der Waals surface area (Å²) < 4.78 is 11.1. The number of oxazole rings is 1. The number of aryl methyl sites for hydroxylation is 1. The Morgan fingerprint density at radius 1 is 1.17 bits per heavy atom. The fourth-order valence-electron chi connectivity index (χ4n) is 2.26. The monoisotopic (exact) mass is 348 g/mol. The molecule has 0 aliphatic carbocycles. The summed E-state index contributed by atoms with van der Waals surface area (Å²) in [4.78, 5) is 8.97. The van der Waals surface area contributed by atoms with Crippen molar-refractivity contribution >= 4 is 12.4 Å². The minimum absolute atomic E-state index is 0. The number of nitrogens with zero attached hydrogens (tertiary/aromatic N) is 3. The summed E-state index contributed by atoms with van der Waals surface area (Å²) >= 11 is 0. The van der Waals surface area contributed by atoms with Gasteiger partial charge in [0, 0.05) is 18.0 Å². The van der Waals surface area contributed by atoms with Crippen LogP contribution in [-0.4, -0.2) is 28.2 Å². The van der Waals surface area contributed by atoms with Crippen molar-refractivity contribution in [1.82, 2.24) is 20.4 Å². The molecule has 24 heavy (non-hydrogen) atoms. The number of nitrogens with one attached hydrogen (secondary N) is 1. The Morgan fingerprint density at radius 2 is 1.92 bits per heavy atom. The van der Waals surface area contributed by atoms with E-state index in [1.165, 1.54) is 0 Å². The molecule has 0 bridgehead atoms. The van der Waals surface area contributed by atoms with Crippen LogP contribution in [0.25, 0.3) is 11.5 Å². The van der Waals surface area contributed by atoms with Crippen LogP contribution in [0.3, 0.4) is 0 Å². The third-order valence-electron chi connectivity index (χ3n) is 3.72. The Balaban J connectivity index is 0.00000208. The first-order valence-corrected chi connectivity index (χ1v) is 7.66. The minimum atomic E-state index is 0. The lowest BCUT2D eigenvalue weighted by atomic mass is 10.2. The Morgan fingerprint density at radius 3 is 2.62 bits per heavy atom. The van der Waals surface area contributed by atoms with Crippen molar-refractivity contribution in [3.05, 3.63) is 53.5 Å². The van der Waals surface area contributed by atoms with Gasteiger partial charge >= 0.3 is 0 Å². The van der Waals surface area contributed by atoms with Gasteiger partial charge < -0.3 is 14.3 Å². The maximum atomic E-state index is 5.75. The van der Waals surface area contributed by atoms with Gasteiger partial charge in [-0.15, -0.1) is 12.4 Å². The average molecular weight is 349 g/mol. The molecule has 3 rings (SSSR count). The van der Waals surface area contributed by atoms with Crippen LogP contribution in [0.5, 0.6) is 0 Å². The van der Waals surface area contributed by atoms with E-state index < -0.39 is 0 Å². The van der Waals surface area contributed by atoms with E-state index in [0.29, 0.717) is 30.1 Å². The molecule has 1 unspecified atom stereocenters. The maximum absolute atomic E-state index is 5.75. The number of halogens is 1. The van der Waals surface area contributed by atoms with E-state index in [1.807, 2.05) is 44.3 Å². The van der Waals surface area contributed by atoms with Gasteiger partial charge in [0.05, 0.1) is 12.1 Å². The Kier molecular flexibility index (Phi) is 6.11. The molecule has 0 saturated carbocycles. The van der Waals surface area contributed by atoms with Crippen LogP contribution in [0.4, 0.5) is 0 Å². The normalized spacial score (nSPS) is 12.0. The molecule has 2 heterocycles. The summed E-state index contributed by atoms with van der Waals surface area (Å²) in [6.07, 6.45) is 1.20. The van der Waals surface area contributed by atoms with Crippen molar-refractivity contribution in [3.8, 4) is 11.5 Å². The van der Waals surface area contributed by atoms with Crippen LogP contribution in [0.15, 0.2) is 39.3 Å². The summed E-state index contributed by atoms with van der Waals surface area (Å²) in [5.41, 5.74) is 1.77. The Bertz CT molecular complexity index is 770. The molecule has 0 spiro atoms. The SMILES string of the molecule is CNC(C)Cc1noc(Cc2nc(-c3ccccc3)oc2C)n1.Cl. The van der Waals surface area contributed by atoms with Crippen molar-refractivity contribution in [1.29, 1.82) is 0 Å². The highest BCUT2D eigenvalue weighted by molar-refractivity contribution is 5.85. The van der Waals surface area contributed by atoms with Crippen LogP contribution in [-0.2, 0) is 12.8 Å². The minimum Gasteiger partial charge on any atom is -0.441 e. The zero-order chi connectivity index (χ0) is 16.2. The number of hydrogen-bond acceptors (Lipinski definition) is 6. The molecule has 0 radical (unpaired) electrons. The number of hydrogen-bond donors (Lipinski definition) is 1. The Labute approximate surface area is 147 Å². The predicted octanol–water partition coefficient (Wildman–Crippen LogP) is 3.20. The lowest BCUT2D eigenvalue weighted by Crippen LogP contribution is -2.24. The van der Waals surface area contributed by atoms with Crippen LogP contribution < -0.4 is 5.32 Å². The molecule has 0 fully saturated rings. The number of aromatic nitrogens is 3. The molecule has 2 aromatic heterocycles. The van der Waals surface area contributed by atoms with E-state index >= 15 is 0 Å². The summed E-state index contributed by atoms with van der Waals surface area (Å²) in [7, 11) is 1.91. The van der Waals surface area contributed by atoms with Crippen LogP contribution in [0.1, 0.15) is 30.1 Å². The molecular formula is C17H21ClN4O2. The van der Waals surface area contributed by atoms with E-state index in [0.717, 1.165) is 23.4 Å². The average Bonchev–Trinajstić information content (AvgIpc) is 3.15. The predicted molar refractivity (Wildman–Crippen MR) is 93.3 cm³/mol. The Hall–Kier alpha value is -2.18. The van der Waals surface area contributed by atoms with Gasteiger partial charge in [-0.05, 0) is 33.0 Å². The third-order valence-corrected chi connectivity index (χ3v) is 3.72. The summed E-state index contributed by atoms with van der Waals surface area (Å²) in [5.74, 6) is 2.64. The van der Waals surface area contributed by atoms with Gasteiger partial charge in [-0.3, -0.25) is 0 Å². The highest BCUT2D eigenvalue weighted by atomic mass is 35.5. The second-order valence-electron chi connectivity index (χ2n) is 5.56. The van der Waals surface area contributed by atoms with Crippen molar-refractivity contribution in [2.45, 2.75) is 32.7 Å². The summed E-state index contributed by atoms with van der Waals surface area (Å²) in [6.45, 7) is 3.97. The zero-order valence-electron chi connectivity index (χ0n) is 13.9. The lowest BCUT2D eigenvalue weighted by molar-refractivity contribution is 0.376. The van der Waals surface area contributed by atoms with Gasteiger partial charge in [0.2, 0.25) is 11.8 Å². The van der Waals surface area contributed by atoms with Gasteiger partial charge in [0.1, 0.15) is 5.76 Å². The van der Waals surface area contributed by atoms with Gasteiger partial charge in [0.25, 0.3) is 0 Å². The van der Waals surface area contributed by atoms with Crippen molar-refractivity contribution in [3.63, 3.8) is 0 Å². The fourth-order valence-corrected chi connectivity index (χ4v) is 2.26.